The molecule has 0 amide bonds. The molecule has 18 rings (SSSR count). The summed E-state index contributed by atoms with van der Waals surface area (Å²) >= 11 is 5.73. The summed E-state index contributed by atoms with van der Waals surface area (Å²) in [5, 5.41) is 2.55. The van der Waals surface area contributed by atoms with Crippen molar-refractivity contribution >= 4 is 169 Å². The molecule has 14 aromatic rings. The normalized spacial score (nSPS) is 13.1. The van der Waals surface area contributed by atoms with E-state index in [2.05, 4.69) is 323 Å². The number of para-hydroxylation sites is 6. The Labute approximate surface area is 519 Å². The van der Waals surface area contributed by atoms with Gasteiger partial charge in [0, 0.05) is 102 Å². The van der Waals surface area contributed by atoms with Gasteiger partial charge in [0.15, 0.2) is 0 Å². The van der Waals surface area contributed by atoms with Crippen molar-refractivity contribution in [2.45, 2.75) is 19.6 Å². The molecule has 4 aliphatic heterocycles. The molecule has 0 atom stereocenters. The molecule has 9 heteroatoms. The van der Waals surface area contributed by atoms with Crippen molar-refractivity contribution in [3.8, 4) is 11.1 Å². The summed E-state index contributed by atoms with van der Waals surface area (Å²) in [6.45, 7) is -0.128. The lowest BCUT2D eigenvalue weighted by Crippen LogP contribution is -2.64. The Morgan fingerprint density at radius 1 is 0.287 bits per heavy atom. The number of hydrogen-bond donors (Lipinski definition) is 0. The Balaban J connectivity index is 0.963. The van der Waals surface area contributed by atoms with Gasteiger partial charge in [0.05, 0.1) is 11.4 Å². The van der Waals surface area contributed by atoms with E-state index >= 15 is 0 Å². The smallest absolute Gasteiger partial charge is 0.252 e. The van der Waals surface area contributed by atoms with Gasteiger partial charge in [-0.3, -0.25) is 0 Å². The van der Waals surface area contributed by atoms with Gasteiger partial charge in [-0.2, -0.15) is 0 Å². The minimum absolute atomic E-state index is 0.000000770. The van der Waals surface area contributed by atoms with Gasteiger partial charge in [0.1, 0.15) is 0 Å². The third-order valence-corrected chi connectivity index (χ3v) is 21.3. The molecule has 0 fully saturated rings. The molecule has 0 unspecified atom stereocenters. The highest BCUT2D eigenvalue weighted by atomic mass is 32.2. The second-order valence-electron chi connectivity index (χ2n) is 22.7. The van der Waals surface area contributed by atoms with Gasteiger partial charge in [0.25, 0.3) is 6.71 Å². The molecule has 4 nitrogen and oxygen atoms in total. The Morgan fingerprint density at radius 3 is 1.44 bits per heavy atom. The van der Waals surface area contributed by atoms with Crippen LogP contribution in [0.5, 0.6) is 0 Å². The average molecular weight is 1160 g/mol. The van der Waals surface area contributed by atoms with Crippen LogP contribution < -0.4 is 52.4 Å². The standard InChI is InChI=1S/C78H50B2N4S3/c1-7-25-51(26-8-1)75-65(43-44-71-76(75)59-37-19-23-41-69(59)85-71)84-66-50-72-63(80-61-39-21-24-42-70(61)86-73-47-58(48-74(87-72)78(73)80)82(54-31-13-4-14-32-54)55-33-15-5-16-34-55)49-62(66)79-60-38-20-22-40-64(60)83(56-35-17-6-18-36-56)67-45-57(46-68(84)77(67)79)81(52-27-9-2-10-28-52)53-29-11-3-12-30-53/h1-50H. The highest BCUT2D eigenvalue weighted by Gasteiger charge is 2.47. The van der Waals surface area contributed by atoms with E-state index in [9.17, 15) is 0 Å². The van der Waals surface area contributed by atoms with Gasteiger partial charge < -0.3 is 19.6 Å². The van der Waals surface area contributed by atoms with Crippen molar-refractivity contribution in [1.82, 2.24) is 0 Å². The van der Waals surface area contributed by atoms with E-state index in [0.29, 0.717) is 0 Å². The second-order valence-corrected chi connectivity index (χ2v) is 25.9. The molecule has 0 saturated heterocycles. The molecule has 13 aromatic carbocycles. The van der Waals surface area contributed by atoms with Gasteiger partial charge in [-0.25, -0.2) is 0 Å². The first-order chi connectivity index (χ1) is 43.2. The number of fused-ring (bicyclic) bond motifs is 11. The quantitative estimate of drug-likeness (QED) is 0.133. The zero-order valence-corrected chi connectivity index (χ0v) is 49.5. The van der Waals surface area contributed by atoms with Crippen LogP contribution in [-0.2, 0) is 0 Å². The van der Waals surface area contributed by atoms with E-state index in [-0.39, 0.29) is 13.4 Å². The second kappa shape index (κ2) is 20.4. The maximum atomic E-state index is 2.68. The fraction of sp³-hybridized carbons (Fsp3) is 0. The molecule has 0 bridgehead atoms. The fourth-order valence-electron chi connectivity index (χ4n) is 14.3. The third-order valence-electron chi connectivity index (χ3n) is 17.9. The first-order valence-electron chi connectivity index (χ1n) is 29.7. The molecule has 406 valence electrons. The molecule has 0 N–H and O–H groups in total. The lowest BCUT2D eigenvalue weighted by Gasteiger charge is -2.46. The largest absolute Gasteiger partial charge is 0.311 e. The van der Waals surface area contributed by atoms with E-state index in [4.69, 9.17) is 0 Å². The van der Waals surface area contributed by atoms with Crippen LogP contribution in [0.25, 0.3) is 31.3 Å². The number of anilines is 12. The van der Waals surface area contributed by atoms with Crippen molar-refractivity contribution in [1.29, 1.82) is 0 Å². The number of rotatable bonds is 9. The lowest BCUT2D eigenvalue weighted by molar-refractivity contribution is 1.22. The van der Waals surface area contributed by atoms with Crippen LogP contribution in [0.3, 0.4) is 0 Å². The van der Waals surface area contributed by atoms with Gasteiger partial charge in [0.2, 0.25) is 6.71 Å². The highest BCUT2D eigenvalue weighted by molar-refractivity contribution is 8.01. The number of nitrogens with zero attached hydrogens (tertiary/aromatic N) is 4. The minimum Gasteiger partial charge on any atom is -0.311 e. The number of hydrogen-bond acceptors (Lipinski definition) is 7. The van der Waals surface area contributed by atoms with Crippen LogP contribution in [-0.4, -0.2) is 13.4 Å². The van der Waals surface area contributed by atoms with E-state index < -0.39 is 0 Å². The lowest BCUT2D eigenvalue weighted by atomic mass is 9.31. The summed E-state index contributed by atoms with van der Waals surface area (Å²) in [6.07, 6.45) is 0. The van der Waals surface area contributed by atoms with Crippen LogP contribution in [0.15, 0.2) is 323 Å². The Kier molecular flexibility index (Phi) is 11.8. The van der Waals surface area contributed by atoms with Gasteiger partial charge in [-0.15, -0.1) is 11.3 Å². The number of thiophene rings is 1. The molecule has 0 radical (unpaired) electrons. The van der Waals surface area contributed by atoms with Crippen LogP contribution in [0.4, 0.5) is 68.2 Å². The summed E-state index contributed by atoms with van der Waals surface area (Å²) in [6, 6.07) is 113. The molecular weight excluding hydrogens is 1110 g/mol. The molecule has 0 spiro atoms. The average Bonchev–Trinajstić information content (AvgIpc) is 0.741. The van der Waals surface area contributed by atoms with Crippen molar-refractivity contribution in [3.63, 3.8) is 0 Å². The van der Waals surface area contributed by atoms with Crippen molar-refractivity contribution in [2.75, 3.05) is 19.6 Å². The first-order valence-corrected chi connectivity index (χ1v) is 32.2. The molecule has 87 heavy (non-hydrogen) atoms. The van der Waals surface area contributed by atoms with E-state index in [1.165, 1.54) is 95.0 Å². The van der Waals surface area contributed by atoms with Gasteiger partial charge in [-0.1, -0.05) is 216 Å². The summed E-state index contributed by atoms with van der Waals surface area (Å²) in [7, 11) is 0. The van der Waals surface area contributed by atoms with E-state index in [1.54, 1.807) is 0 Å². The predicted molar refractivity (Wildman–Crippen MR) is 374 cm³/mol. The van der Waals surface area contributed by atoms with Crippen molar-refractivity contribution in [2.24, 2.45) is 0 Å². The van der Waals surface area contributed by atoms with Crippen LogP contribution in [0.2, 0.25) is 0 Å². The Hall–Kier alpha value is -9.89. The van der Waals surface area contributed by atoms with E-state index in [1.807, 2.05) is 34.9 Å². The first kappa shape index (κ1) is 50.4. The molecule has 5 heterocycles. The van der Waals surface area contributed by atoms with E-state index in [0.717, 1.165) is 56.9 Å². The van der Waals surface area contributed by atoms with Gasteiger partial charge >= 0.3 is 0 Å². The molecular formula is C78H50B2N4S3. The van der Waals surface area contributed by atoms with Crippen molar-refractivity contribution in [3.05, 3.63) is 303 Å². The third kappa shape index (κ3) is 8.03. The van der Waals surface area contributed by atoms with Crippen molar-refractivity contribution < 1.29 is 0 Å². The predicted octanol–water partition coefficient (Wildman–Crippen LogP) is 18.2. The van der Waals surface area contributed by atoms with Crippen LogP contribution in [0, 0.1) is 0 Å². The SMILES string of the molecule is c1ccc(-c2c(N3c4cc5c(cc4B4c6ccccc6N(c6ccccc6)c6cc(N(c7ccccc7)c7ccccc7)cc3c64)B3c4ccccc4Sc4cc(N(c6ccccc6)c6ccccc6)cc(c43)S5)ccc3sc4ccccc4c23)cc1. The fourth-order valence-corrected chi connectivity index (χ4v) is 17.9. The summed E-state index contributed by atoms with van der Waals surface area (Å²) in [4.78, 5) is 15.2. The molecule has 4 aliphatic rings. The zero-order chi connectivity index (χ0) is 57.1. The molecule has 0 aliphatic carbocycles. The maximum Gasteiger partial charge on any atom is 0.252 e. The monoisotopic (exact) mass is 1160 g/mol. The zero-order valence-electron chi connectivity index (χ0n) is 47.0. The van der Waals surface area contributed by atoms with Crippen LogP contribution >= 0.6 is 34.9 Å². The van der Waals surface area contributed by atoms with Crippen LogP contribution in [0.1, 0.15) is 0 Å². The van der Waals surface area contributed by atoms with Gasteiger partial charge in [-0.05, 0) is 149 Å². The summed E-state index contributed by atoms with van der Waals surface area (Å²) < 4.78 is 2.55. The summed E-state index contributed by atoms with van der Waals surface area (Å²) in [5.74, 6) is 0. The molecule has 1 aromatic heterocycles. The Morgan fingerprint density at radius 2 is 0.793 bits per heavy atom. The molecule has 0 saturated carbocycles. The topological polar surface area (TPSA) is 13.0 Å². The maximum absolute atomic E-state index is 2.68. The number of benzene rings is 13. The Bertz CT molecular complexity index is 4950. The minimum atomic E-state index is -0.128. The summed E-state index contributed by atoms with van der Waals surface area (Å²) in [5.41, 5.74) is 23.9. The highest BCUT2D eigenvalue weighted by Crippen LogP contribution is 2.54.